The molecule has 0 aliphatic carbocycles. The van der Waals surface area contributed by atoms with Crippen LogP contribution in [0.25, 0.3) is 0 Å². The molecule has 0 saturated carbocycles. The minimum absolute atomic E-state index is 0.0373. The number of nitrogens with one attached hydrogen (secondary N) is 2. The Bertz CT molecular complexity index is 523. The van der Waals surface area contributed by atoms with Crippen LogP contribution in [0.3, 0.4) is 0 Å². The number of nitrogens with two attached hydrogens (primary N) is 1. The number of rotatable bonds is 5. The molecule has 1 aromatic carbocycles. The van der Waals surface area contributed by atoms with Gasteiger partial charge in [0.1, 0.15) is 0 Å². The first kappa shape index (κ1) is 14.3. The Morgan fingerprint density at radius 3 is 2.33 bits per heavy atom. The minimum atomic E-state index is -3.58. The van der Waals surface area contributed by atoms with Crippen LogP contribution in [-0.2, 0) is 10.2 Å². The van der Waals surface area contributed by atoms with Gasteiger partial charge >= 0.3 is 0 Å². The third-order valence-corrected chi connectivity index (χ3v) is 3.22. The van der Waals surface area contributed by atoms with Crippen LogP contribution in [0.5, 0.6) is 0 Å². The van der Waals surface area contributed by atoms with Gasteiger partial charge in [0.15, 0.2) is 5.84 Å². The fourth-order valence-electron chi connectivity index (χ4n) is 1.26. The van der Waals surface area contributed by atoms with Crippen LogP contribution in [0, 0.1) is 0 Å². The number of hydrogen-bond acceptors (Lipinski definition) is 4. The number of benzene rings is 1. The molecule has 1 rings (SSSR count). The average molecular weight is 272 g/mol. The summed E-state index contributed by atoms with van der Waals surface area (Å²) in [6, 6.07) is 5.93. The Hall–Kier alpha value is -1.80. The molecule has 5 N–H and O–H groups in total. The molecule has 0 fully saturated rings. The van der Waals surface area contributed by atoms with E-state index in [1.54, 1.807) is 26.0 Å². The fourth-order valence-corrected chi connectivity index (χ4v) is 2.39. The van der Waals surface area contributed by atoms with Crippen LogP contribution in [0.2, 0.25) is 0 Å². The SMILES string of the molecule is CC(C)NS(=O)(=O)Nc1ccc(/C(N)=N/O)cc1. The molecule has 0 bridgehead atoms. The van der Waals surface area contributed by atoms with E-state index in [0.717, 1.165) is 0 Å². The van der Waals surface area contributed by atoms with E-state index in [2.05, 4.69) is 14.6 Å². The highest BCUT2D eigenvalue weighted by atomic mass is 32.2. The smallest absolute Gasteiger partial charge is 0.299 e. The Morgan fingerprint density at radius 1 is 1.33 bits per heavy atom. The summed E-state index contributed by atoms with van der Waals surface area (Å²) in [6.45, 7) is 3.45. The molecule has 8 heteroatoms. The summed E-state index contributed by atoms with van der Waals surface area (Å²) in [4.78, 5) is 0. The van der Waals surface area contributed by atoms with E-state index in [-0.39, 0.29) is 11.9 Å². The lowest BCUT2D eigenvalue weighted by atomic mass is 10.2. The lowest BCUT2D eigenvalue weighted by molar-refractivity contribution is 0.318. The van der Waals surface area contributed by atoms with E-state index in [1.165, 1.54) is 12.1 Å². The van der Waals surface area contributed by atoms with Crippen molar-refractivity contribution in [3.63, 3.8) is 0 Å². The van der Waals surface area contributed by atoms with Crippen molar-refractivity contribution in [1.29, 1.82) is 0 Å². The van der Waals surface area contributed by atoms with Crippen molar-refractivity contribution >= 4 is 21.7 Å². The first-order valence-corrected chi connectivity index (χ1v) is 6.70. The van der Waals surface area contributed by atoms with Crippen molar-refractivity contribution in [2.75, 3.05) is 4.72 Å². The molecule has 0 amide bonds. The second-order valence-corrected chi connectivity index (χ2v) is 5.39. The van der Waals surface area contributed by atoms with Crippen LogP contribution in [0.1, 0.15) is 19.4 Å². The van der Waals surface area contributed by atoms with Gasteiger partial charge in [-0.1, -0.05) is 5.16 Å². The Balaban J connectivity index is 2.82. The number of amidine groups is 1. The van der Waals surface area contributed by atoms with Gasteiger partial charge in [-0.2, -0.15) is 13.1 Å². The maximum Gasteiger partial charge on any atom is 0.299 e. The molecule has 0 unspecified atom stereocenters. The van der Waals surface area contributed by atoms with Crippen LogP contribution in [0.4, 0.5) is 5.69 Å². The zero-order chi connectivity index (χ0) is 13.8. The zero-order valence-corrected chi connectivity index (χ0v) is 10.9. The van der Waals surface area contributed by atoms with Gasteiger partial charge in [-0.15, -0.1) is 0 Å². The molecule has 0 saturated heterocycles. The number of hydrogen-bond donors (Lipinski definition) is 4. The van der Waals surface area contributed by atoms with Crippen LogP contribution in [0.15, 0.2) is 29.4 Å². The van der Waals surface area contributed by atoms with E-state index < -0.39 is 10.2 Å². The summed E-state index contributed by atoms with van der Waals surface area (Å²) in [5.41, 5.74) is 6.27. The molecule has 7 nitrogen and oxygen atoms in total. The molecule has 0 radical (unpaired) electrons. The molecule has 18 heavy (non-hydrogen) atoms. The lowest BCUT2D eigenvalue weighted by Crippen LogP contribution is -2.35. The van der Waals surface area contributed by atoms with Crippen molar-refractivity contribution in [3.8, 4) is 0 Å². The van der Waals surface area contributed by atoms with E-state index >= 15 is 0 Å². The molecular formula is C10H16N4O3S. The first-order valence-electron chi connectivity index (χ1n) is 5.22. The highest BCUT2D eigenvalue weighted by Crippen LogP contribution is 2.10. The molecule has 0 aliphatic heterocycles. The maximum absolute atomic E-state index is 11.6. The predicted octanol–water partition coefficient (Wildman–Crippen LogP) is 0.436. The molecule has 0 heterocycles. The van der Waals surface area contributed by atoms with Gasteiger partial charge in [0, 0.05) is 17.3 Å². The summed E-state index contributed by atoms with van der Waals surface area (Å²) in [6.07, 6.45) is 0. The largest absolute Gasteiger partial charge is 0.409 e. The molecule has 0 spiro atoms. The standard InChI is InChI=1S/C10H16N4O3S/c1-7(2)13-18(16,17)14-9-5-3-8(4-6-9)10(11)12-15/h3-7,13-15H,1-2H3,(H2,11,12). The topological polar surface area (TPSA) is 117 Å². The van der Waals surface area contributed by atoms with Crippen LogP contribution < -0.4 is 15.2 Å². The first-order chi connectivity index (χ1) is 8.34. The molecule has 0 atom stereocenters. The molecule has 0 aromatic heterocycles. The van der Waals surface area contributed by atoms with E-state index in [1.807, 2.05) is 0 Å². The van der Waals surface area contributed by atoms with Gasteiger partial charge in [-0.3, -0.25) is 4.72 Å². The van der Waals surface area contributed by atoms with Gasteiger partial charge in [0.25, 0.3) is 10.2 Å². The van der Waals surface area contributed by atoms with E-state index in [0.29, 0.717) is 11.3 Å². The van der Waals surface area contributed by atoms with E-state index in [9.17, 15) is 8.42 Å². The number of nitrogens with zero attached hydrogens (tertiary/aromatic N) is 1. The van der Waals surface area contributed by atoms with Gasteiger partial charge < -0.3 is 10.9 Å². The molecule has 0 aliphatic rings. The summed E-state index contributed by atoms with van der Waals surface area (Å²) in [7, 11) is -3.58. The van der Waals surface area contributed by atoms with Gasteiger partial charge in [-0.05, 0) is 38.1 Å². The predicted molar refractivity (Wildman–Crippen MR) is 69.8 cm³/mol. The second-order valence-electron chi connectivity index (χ2n) is 3.94. The van der Waals surface area contributed by atoms with Crippen molar-refractivity contribution in [1.82, 2.24) is 4.72 Å². The molecule has 100 valence electrons. The van der Waals surface area contributed by atoms with Gasteiger partial charge in [0.2, 0.25) is 0 Å². The van der Waals surface area contributed by atoms with Crippen LogP contribution in [-0.4, -0.2) is 25.5 Å². The summed E-state index contributed by atoms with van der Waals surface area (Å²) >= 11 is 0. The van der Waals surface area contributed by atoms with E-state index in [4.69, 9.17) is 10.9 Å². The second kappa shape index (κ2) is 5.69. The summed E-state index contributed by atoms with van der Waals surface area (Å²) in [5, 5.41) is 11.3. The minimum Gasteiger partial charge on any atom is -0.409 e. The normalized spacial score (nSPS) is 12.7. The van der Waals surface area contributed by atoms with Crippen molar-refractivity contribution in [3.05, 3.63) is 29.8 Å². The molecular weight excluding hydrogens is 256 g/mol. The summed E-state index contributed by atoms with van der Waals surface area (Å²) in [5.74, 6) is -0.0373. The third-order valence-electron chi connectivity index (χ3n) is 1.93. The zero-order valence-electron chi connectivity index (χ0n) is 10.1. The number of oxime groups is 1. The molecule has 1 aromatic rings. The van der Waals surface area contributed by atoms with Crippen molar-refractivity contribution in [2.45, 2.75) is 19.9 Å². The Morgan fingerprint density at radius 2 is 1.89 bits per heavy atom. The monoisotopic (exact) mass is 272 g/mol. The Labute approximate surface area is 106 Å². The third kappa shape index (κ3) is 4.22. The summed E-state index contributed by atoms with van der Waals surface area (Å²) < 4.78 is 27.9. The fraction of sp³-hybridized carbons (Fsp3) is 0.300. The van der Waals surface area contributed by atoms with Crippen molar-refractivity contribution < 1.29 is 13.6 Å². The number of anilines is 1. The average Bonchev–Trinajstić information content (AvgIpc) is 2.26. The highest BCUT2D eigenvalue weighted by molar-refractivity contribution is 7.90. The van der Waals surface area contributed by atoms with Gasteiger partial charge in [0.05, 0.1) is 0 Å². The Kier molecular flexibility index (Phi) is 4.51. The van der Waals surface area contributed by atoms with Crippen LogP contribution >= 0.6 is 0 Å². The quantitative estimate of drug-likeness (QED) is 0.269. The highest BCUT2D eigenvalue weighted by Gasteiger charge is 2.11. The maximum atomic E-state index is 11.6. The van der Waals surface area contributed by atoms with Crippen molar-refractivity contribution in [2.24, 2.45) is 10.9 Å². The van der Waals surface area contributed by atoms with Gasteiger partial charge in [-0.25, -0.2) is 0 Å². The lowest BCUT2D eigenvalue weighted by Gasteiger charge is -2.11.